The van der Waals surface area contributed by atoms with Gasteiger partial charge < -0.3 is 24.1 Å². The van der Waals surface area contributed by atoms with Gasteiger partial charge in [-0.15, -0.1) is 0 Å². The summed E-state index contributed by atoms with van der Waals surface area (Å²) in [5, 5.41) is 2.60. The number of fused-ring (bicyclic) bond motifs is 1. The summed E-state index contributed by atoms with van der Waals surface area (Å²) >= 11 is 0. The summed E-state index contributed by atoms with van der Waals surface area (Å²) in [7, 11) is 0. The second-order valence-electron chi connectivity index (χ2n) is 13.4. The molecule has 0 saturated carbocycles. The molecule has 10 nitrogen and oxygen atoms in total. The maximum absolute atomic E-state index is 15.3. The predicted molar refractivity (Wildman–Crippen MR) is 172 cm³/mol. The maximum atomic E-state index is 15.3. The van der Waals surface area contributed by atoms with E-state index >= 15 is 4.39 Å². The Hall–Kier alpha value is -4.13. The summed E-state index contributed by atoms with van der Waals surface area (Å²) in [6, 6.07) is 5.76. The average Bonchev–Trinajstić information content (AvgIpc) is 3.43. The first kappa shape index (κ1) is 34.2. The van der Waals surface area contributed by atoms with Gasteiger partial charge in [0.15, 0.2) is 0 Å². The predicted octanol–water partition coefficient (Wildman–Crippen LogP) is 7.14. The Morgan fingerprint density at radius 2 is 1.74 bits per heavy atom. The molecule has 2 aliphatic heterocycles. The molecule has 0 radical (unpaired) electrons. The van der Waals surface area contributed by atoms with E-state index in [1.807, 2.05) is 40.8 Å². The van der Waals surface area contributed by atoms with Crippen molar-refractivity contribution in [3.05, 3.63) is 65.0 Å². The Labute approximate surface area is 272 Å². The standard InChI is InChI=1S/C34H43F3N6O4/c1-21(2)46-28-17-30-39-27(20-43(30)18-24(28)32(44)40-29-8-6-7-26(38-29)31(36)37)23-9-13-41(14-10-23)19-25(35)22-11-15-42(16-12-22)33(45)47-34(3,4)5/h6-8,17-18,20-21,23,31H,9-16,19H2,1-5H3,(H,38,40,44). The Balaban J connectivity index is 1.22. The van der Waals surface area contributed by atoms with Crippen LogP contribution in [0.2, 0.25) is 0 Å². The van der Waals surface area contributed by atoms with Crippen LogP contribution in [-0.4, -0.2) is 80.6 Å². The molecule has 0 unspecified atom stereocenters. The van der Waals surface area contributed by atoms with Crippen molar-refractivity contribution in [1.82, 2.24) is 24.2 Å². The number of piperidine rings is 2. The van der Waals surface area contributed by atoms with Gasteiger partial charge >= 0.3 is 6.09 Å². The molecule has 0 spiro atoms. The number of carbonyl (C=O) groups is 2. The van der Waals surface area contributed by atoms with Crippen LogP contribution in [0.25, 0.3) is 5.65 Å². The summed E-state index contributed by atoms with van der Waals surface area (Å²) in [5.41, 5.74) is 1.48. The van der Waals surface area contributed by atoms with E-state index in [0.717, 1.165) is 24.1 Å². The van der Waals surface area contributed by atoms with Gasteiger partial charge in [-0.1, -0.05) is 6.07 Å². The quantitative estimate of drug-likeness (QED) is 0.275. The molecular formula is C34H43F3N6O4. The van der Waals surface area contributed by atoms with Crippen LogP contribution in [0.1, 0.15) is 94.4 Å². The van der Waals surface area contributed by atoms with Gasteiger partial charge in [-0.2, -0.15) is 0 Å². The molecule has 0 aliphatic carbocycles. The first-order valence-corrected chi connectivity index (χ1v) is 16.1. The fraction of sp³-hybridized carbons (Fsp3) is 0.529. The number of nitrogens with one attached hydrogen (secondary N) is 1. The van der Waals surface area contributed by atoms with E-state index in [9.17, 15) is 18.4 Å². The van der Waals surface area contributed by atoms with Crippen molar-refractivity contribution < 1.29 is 32.2 Å². The van der Waals surface area contributed by atoms with Crippen molar-refractivity contribution in [3.8, 4) is 5.75 Å². The molecule has 3 aromatic rings. The number of alkyl halides is 2. The third-order valence-electron chi connectivity index (χ3n) is 8.19. The van der Waals surface area contributed by atoms with E-state index in [4.69, 9.17) is 14.5 Å². The van der Waals surface area contributed by atoms with Gasteiger partial charge in [0, 0.05) is 37.5 Å². The van der Waals surface area contributed by atoms with E-state index in [1.54, 1.807) is 21.6 Å². The van der Waals surface area contributed by atoms with Gasteiger partial charge in [0.1, 0.15) is 34.3 Å². The van der Waals surface area contributed by atoms with E-state index in [0.29, 0.717) is 50.4 Å². The number of carbonyl (C=O) groups excluding carboxylic acids is 2. The maximum Gasteiger partial charge on any atom is 0.410 e. The minimum absolute atomic E-state index is 0.0137. The lowest BCUT2D eigenvalue weighted by Crippen LogP contribution is -2.40. The van der Waals surface area contributed by atoms with Crippen molar-refractivity contribution in [2.45, 2.75) is 84.4 Å². The molecular weight excluding hydrogens is 613 g/mol. The molecule has 5 rings (SSSR count). The lowest BCUT2D eigenvalue weighted by atomic mass is 9.94. The Morgan fingerprint density at radius 3 is 2.38 bits per heavy atom. The Bertz CT molecular complexity index is 1620. The van der Waals surface area contributed by atoms with Crippen LogP contribution in [0.15, 0.2) is 48.1 Å². The van der Waals surface area contributed by atoms with Gasteiger partial charge in [0.2, 0.25) is 0 Å². The smallest absolute Gasteiger partial charge is 0.410 e. The molecule has 47 heavy (non-hydrogen) atoms. The number of amides is 2. The molecule has 2 saturated heterocycles. The van der Waals surface area contributed by atoms with Gasteiger partial charge in [-0.3, -0.25) is 9.69 Å². The Kier molecular flexibility index (Phi) is 10.4. The van der Waals surface area contributed by atoms with Gasteiger partial charge in [0.05, 0.1) is 23.9 Å². The van der Waals surface area contributed by atoms with Crippen LogP contribution < -0.4 is 10.1 Å². The topological polar surface area (TPSA) is 101 Å². The average molecular weight is 657 g/mol. The molecule has 13 heteroatoms. The number of nitrogens with zero attached hydrogens (tertiary/aromatic N) is 5. The highest BCUT2D eigenvalue weighted by Gasteiger charge is 2.28. The van der Waals surface area contributed by atoms with Gasteiger partial charge in [-0.25, -0.2) is 27.9 Å². The van der Waals surface area contributed by atoms with Crippen molar-refractivity contribution in [3.63, 3.8) is 0 Å². The fourth-order valence-corrected chi connectivity index (χ4v) is 5.83. The van der Waals surface area contributed by atoms with Crippen molar-refractivity contribution in [2.24, 2.45) is 0 Å². The minimum atomic E-state index is -2.76. The molecule has 2 aliphatic rings. The molecule has 254 valence electrons. The lowest BCUT2D eigenvalue weighted by Gasteiger charge is -2.33. The summed E-state index contributed by atoms with van der Waals surface area (Å²) in [6.07, 6.45) is 2.78. The number of imidazole rings is 1. The van der Waals surface area contributed by atoms with Gasteiger partial charge in [0.25, 0.3) is 12.3 Å². The van der Waals surface area contributed by atoms with E-state index in [1.165, 1.54) is 18.2 Å². The zero-order valence-corrected chi connectivity index (χ0v) is 27.6. The normalized spacial score (nSPS) is 16.6. The van der Waals surface area contributed by atoms with Crippen LogP contribution in [0.4, 0.5) is 23.8 Å². The van der Waals surface area contributed by atoms with Crippen LogP contribution >= 0.6 is 0 Å². The lowest BCUT2D eigenvalue weighted by molar-refractivity contribution is 0.0234. The fourth-order valence-electron chi connectivity index (χ4n) is 5.83. The van der Waals surface area contributed by atoms with Crippen molar-refractivity contribution in [1.29, 1.82) is 0 Å². The first-order valence-electron chi connectivity index (χ1n) is 16.1. The Morgan fingerprint density at radius 1 is 1.04 bits per heavy atom. The highest BCUT2D eigenvalue weighted by atomic mass is 19.3. The third kappa shape index (κ3) is 8.82. The summed E-state index contributed by atoms with van der Waals surface area (Å²) < 4.78 is 54.7. The van der Waals surface area contributed by atoms with E-state index < -0.39 is 23.6 Å². The highest BCUT2D eigenvalue weighted by molar-refractivity contribution is 6.05. The highest BCUT2D eigenvalue weighted by Crippen LogP contribution is 2.31. The number of hydrogen-bond donors (Lipinski definition) is 1. The van der Waals surface area contributed by atoms with Gasteiger partial charge in [-0.05, 0) is 91.1 Å². The summed E-state index contributed by atoms with van der Waals surface area (Å²) in [6.45, 7) is 11.7. The molecule has 0 atom stereocenters. The second-order valence-corrected chi connectivity index (χ2v) is 13.4. The molecule has 2 fully saturated rings. The summed E-state index contributed by atoms with van der Waals surface area (Å²) in [4.78, 5) is 38.0. The molecule has 1 N–H and O–H groups in total. The number of likely N-dealkylation sites (tertiary alicyclic amines) is 2. The number of aromatic nitrogens is 3. The van der Waals surface area contributed by atoms with Crippen molar-refractivity contribution >= 4 is 23.5 Å². The number of hydrogen-bond acceptors (Lipinski definition) is 7. The largest absolute Gasteiger partial charge is 0.490 e. The van der Waals surface area contributed by atoms with E-state index in [-0.39, 0.29) is 41.9 Å². The zero-order valence-electron chi connectivity index (χ0n) is 27.6. The molecule has 0 aromatic carbocycles. The SMILES string of the molecule is CC(C)Oc1cc2nc(C3CCN(CC(F)=C4CCN(C(=O)OC(C)(C)C)CC4)CC3)cn2cc1C(=O)Nc1cccc(C(F)F)n1. The zero-order chi connectivity index (χ0) is 33.9. The number of ether oxygens (including phenoxy) is 2. The monoisotopic (exact) mass is 656 g/mol. The van der Waals surface area contributed by atoms with Crippen LogP contribution in [-0.2, 0) is 4.74 Å². The van der Waals surface area contributed by atoms with Crippen molar-refractivity contribution in [2.75, 3.05) is 38.0 Å². The van der Waals surface area contributed by atoms with E-state index in [2.05, 4.69) is 15.2 Å². The minimum Gasteiger partial charge on any atom is -0.490 e. The number of pyridine rings is 2. The second kappa shape index (κ2) is 14.3. The first-order chi connectivity index (χ1) is 22.3. The van der Waals surface area contributed by atoms with Crippen LogP contribution in [0, 0.1) is 0 Å². The molecule has 0 bridgehead atoms. The number of anilines is 1. The molecule has 5 heterocycles. The molecule has 2 amide bonds. The summed E-state index contributed by atoms with van der Waals surface area (Å²) in [5.74, 6) is -0.162. The van der Waals surface area contributed by atoms with Crippen LogP contribution in [0.3, 0.4) is 0 Å². The number of halogens is 3. The van der Waals surface area contributed by atoms with Crippen LogP contribution in [0.5, 0.6) is 5.75 Å². The molecule has 3 aromatic heterocycles. The number of rotatable bonds is 8. The third-order valence-corrected chi connectivity index (χ3v) is 8.19.